The van der Waals surface area contributed by atoms with Crippen molar-refractivity contribution in [2.45, 2.75) is 70.7 Å². The molecule has 3 fully saturated rings. The quantitative estimate of drug-likeness (QED) is 0.603. The van der Waals surface area contributed by atoms with Crippen LogP contribution in [0.2, 0.25) is 0 Å². The van der Waals surface area contributed by atoms with Crippen LogP contribution in [0.4, 0.5) is 5.69 Å². The number of aliphatic hydroxyl groups is 1. The zero-order valence-corrected chi connectivity index (χ0v) is 20.3. The number of likely N-dealkylation sites (tertiary alicyclic amines) is 1. The molecule has 7 atom stereocenters. The molecular weight excluding hydrogens is 422 g/mol. The molecular formula is C25H35N3O5. The minimum atomic E-state index is -1.12. The normalized spacial score (nSPS) is 35.5. The molecule has 4 rings (SSSR count). The second-order valence-electron chi connectivity index (χ2n) is 10.1. The van der Waals surface area contributed by atoms with E-state index in [1.165, 1.54) is 4.90 Å². The zero-order chi connectivity index (χ0) is 24.3. The number of hydrogen-bond donors (Lipinski definition) is 3. The average Bonchev–Trinajstić information content (AvgIpc) is 3.28. The van der Waals surface area contributed by atoms with Crippen LogP contribution in [0.15, 0.2) is 18.2 Å². The number of nitrogens with one attached hydrogen (secondary N) is 2. The third-order valence-electron chi connectivity index (χ3n) is 8.26. The highest BCUT2D eigenvalue weighted by Gasteiger charge is 2.80. The molecule has 33 heavy (non-hydrogen) atoms. The van der Waals surface area contributed by atoms with Crippen molar-refractivity contribution in [2.24, 2.45) is 17.8 Å². The van der Waals surface area contributed by atoms with Crippen LogP contribution in [0.25, 0.3) is 0 Å². The van der Waals surface area contributed by atoms with E-state index in [9.17, 15) is 19.5 Å². The van der Waals surface area contributed by atoms with Crippen LogP contribution in [0, 0.1) is 31.6 Å². The van der Waals surface area contributed by atoms with Gasteiger partial charge in [-0.25, -0.2) is 0 Å². The van der Waals surface area contributed by atoms with E-state index in [1.807, 2.05) is 52.8 Å². The largest absolute Gasteiger partial charge is 0.394 e. The van der Waals surface area contributed by atoms with Crippen molar-refractivity contribution in [2.75, 3.05) is 19.0 Å². The molecule has 3 unspecified atom stereocenters. The van der Waals surface area contributed by atoms with Gasteiger partial charge in [-0.05, 0) is 56.7 Å². The molecule has 1 aromatic carbocycles. The van der Waals surface area contributed by atoms with Crippen LogP contribution < -0.4 is 10.6 Å². The number of anilines is 1. The van der Waals surface area contributed by atoms with Crippen molar-refractivity contribution in [1.82, 2.24) is 10.2 Å². The smallest absolute Gasteiger partial charge is 0.250 e. The molecule has 0 saturated carbocycles. The van der Waals surface area contributed by atoms with E-state index in [-0.39, 0.29) is 30.2 Å². The lowest BCUT2D eigenvalue weighted by Gasteiger charge is -2.36. The molecule has 8 heteroatoms. The number of hydrogen-bond acceptors (Lipinski definition) is 5. The number of carbonyl (C=O) groups is 3. The first-order valence-corrected chi connectivity index (χ1v) is 11.8. The lowest BCUT2D eigenvalue weighted by molar-refractivity contribution is -0.149. The molecule has 1 aromatic rings. The van der Waals surface area contributed by atoms with Crippen LogP contribution >= 0.6 is 0 Å². The van der Waals surface area contributed by atoms with Gasteiger partial charge in [0.05, 0.1) is 30.1 Å². The zero-order valence-electron chi connectivity index (χ0n) is 20.3. The summed E-state index contributed by atoms with van der Waals surface area (Å²) in [5.41, 5.74) is 0.636. The lowest BCUT2D eigenvalue weighted by Crippen LogP contribution is -2.56. The number of benzene rings is 1. The van der Waals surface area contributed by atoms with Crippen molar-refractivity contribution in [3.05, 3.63) is 29.3 Å². The first kappa shape index (κ1) is 23.7. The van der Waals surface area contributed by atoms with Crippen molar-refractivity contribution < 1.29 is 24.2 Å². The maximum atomic E-state index is 13.9. The Balaban J connectivity index is 1.82. The molecule has 1 spiro atoms. The second-order valence-corrected chi connectivity index (χ2v) is 10.1. The number of aryl methyl sites for hydroxylation is 2. The van der Waals surface area contributed by atoms with Crippen LogP contribution in [-0.2, 0) is 19.1 Å². The number of fused-ring (bicyclic) bond motifs is 1. The van der Waals surface area contributed by atoms with Crippen molar-refractivity contribution in [1.29, 1.82) is 0 Å². The predicted octanol–water partition coefficient (Wildman–Crippen LogP) is 1.77. The van der Waals surface area contributed by atoms with Crippen molar-refractivity contribution >= 4 is 23.4 Å². The van der Waals surface area contributed by atoms with E-state index < -0.39 is 35.1 Å². The second kappa shape index (κ2) is 8.09. The number of nitrogens with zero attached hydrogens (tertiary/aromatic N) is 1. The van der Waals surface area contributed by atoms with Gasteiger partial charge in [-0.3, -0.25) is 14.4 Å². The first-order valence-electron chi connectivity index (χ1n) is 11.8. The molecule has 0 aromatic heterocycles. The van der Waals surface area contributed by atoms with Gasteiger partial charge in [0.1, 0.15) is 11.6 Å². The third-order valence-corrected chi connectivity index (χ3v) is 8.26. The summed E-state index contributed by atoms with van der Waals surface area (Å²) in [5, 5.41) is 15.8. The topological polar surface area (TPSA) is 108 Å². The van der Waals surface area contributed by atoms with Gasteiger partial charge in [-0.15, -0.1) is 0 Å². The molecule has 3 N–H and O–H groups in total. The fourth-order valence-corrected chi connectivity index (χ4v) is 6.41. The number of aliphatic hydroxyl groups excluding tert-OH is 1. The fourth-order valence-electron chi connectivity index (χ4n) is 6.41. The summed E-state index contributed by atoms with van der Waals surface area (Å²) in [6, 6.07) is 4.34. The van der Waals surface area contributed by atoms with E-state index in [0.29, 0.717) is 18.5 Å². The van der Waals surface area contributed by atoms with Gasteiger partial charge >= 0.3 is 0 Å². The first-order chi connectivity index (χ1) is 15.5. The Kier molecular flexibility index (Phi) is 5.81. The van der Waals surface area contributed by atoms with Crippen molar-refractivity contribution in [3.63, 3.8) is 0 Å². The number of ether oxygens (including phenoxy) is 1. The molecule has 180 valence electrons. The molecule has 3 aliphatic rings. The van der Waals surface area contributed by atoms with Gasteiger partial charge in [0.25, 0.3) is 0 Å². The summed E-state index contributed by atoms with van der Waals surface area (Å²) in [6.07, 6.45) is 0.979. The number of carbonyl (C=O) groups excluding carboxylic acids is 3. The summed E-state index contributed by atoms with van der Waals surface area (Å²) in [6.45, 7) is 9.36. The fraction of sp³-hybridized carbons (Fsp3) is 0.640. The van der Waals surface area contributed by atoms with E-state index in [2.05, 4.69) is 10.6 Å². The molecule has 3 amide bonds. The molecule has 3 saturated heterocycles. The van der Waals surface area contributed by atoms with E-state index in [0.717, 1.165) is 11.1 Å². The summed E-state index contributed by atoms with van der Waals surface area (Å²) in [7, 11) is 1.56. The Bertz CT molecular complexity index is 992. The molecule has 3 heterocycles. The number of rotatable bonds is 6. The standard InChI is InChI=1S/C25H35N3O5/c1-7-16(12-29)28-20(22(31)27-17-10-13(2)8-9-14(17)3)25-11-15(4)24(5,33-25)18(21(30)26-6)19(25)23(28)32/h8-10,15-16,18-20,29H,7,11-12H2,1-6H3,(H,26,30)(H,27,31)/t15?,16-,18+,19-,20?,24-,25?/m0/s1. The Hall–Kier alpha value is -2.45. The van der Waals surface area contributed by atoms with Gasteiger partial charge in [0, 0.05) is 12.7 Å². The van der Waals surface area contributed by atoms with Crippen LogP contribution in [0.1, 0.15) is 44.7 Å². The molecule has 8 nitrogen and oxygen atoms in total. The van der Waals surface area contributed by atoms with Crippen LogP contribution in [-0.4, -0.2) is 64.7 Å². The minimum absolute atomic E-state index is 0.0194. The van der Waals surface area contributed by atoms with Gasteiger partial charge in [-0.1, -0.05) is 26.0 Å². The monoisotopic (exact) mass is 457 g/mol. The molecule has 2 bridgehead atoms. The highest BCUT2D eigenvalue weighted by atomic mass is 16.5. The maximum Gasteiger partial charge on any atom is 0.250 e. The van der Waals surface area contributed by atoms with Crippen LogP contribution in [0.5, 0.6) is 0 Å². The van der Waals surface area contributed by atoms with Gasteiger partial charge < -0.3 is 25.4 Å². The van der Waals surface area contributed by atoms with E-state index >= 15 is 0 Å². The van der Waals surface area contributed by atoms with E-state index in [4.69, 9.17) is 4.74 Å². The Morgan fingerprint density at radius 3 is 2.61 bits per heavy atom. The molecule has 3 aliphatic heterocycles. The Morgan fingerprint density at radius 1 is 1.30 bits per heavy atom. The summed E-state index contributed by atoms with van der Waals surface area (Å²) >= 11 is 0. The Labute approximate surface area is 195 Å². The van der Waals surface area contributed by atoms with Gasteiger partial charge in [0.15, 0.2) is 0 Å². The third kappa shape index (κ3) is 3.21. The van der Waals surface area contributed by atoms with Crippen molar-refractivity contribution in [3.8, 4) is 0 Å². The molecule has 0 radical (unpaired) electrons. The summed E-state index contributed by atoms with van der Waals surface area (Å²) < 4.78 is 6.62. The lowest BCUT2D eigenvalue weighted by atomic mass is 9.62. The predicted molar refractivity (Wildman–Crippen MR) is 123 cm³/mol. The average molecular weight is 458 g/mol. The van der Waals surface area contributed by atoms with Gasteiger partial charge in [0.2, 0.25) is 17.7 Å². The minimum Gasteiger partial charge on any atom is -0.394 e. The number of amides is 3. The van der Waals surface area contributed by atoms with E-state index in [1.54, 1.807) is 7.05 Å². The molecule has 0 aliphatic carbocycles. The van der Waals surface area contributed by atoms with Crippen LogP contribution in [0.3, 0.4) is 0 Å². The summed E-state index contributed by atoms with van der Waals surface area (Å²) in [5.74, 6) is -2.38. The Morgan fingerprint density at radius 2 is 2.00 bits per heavy atom. The van der Waals surface area contributed by atoms with Gasteiger partial charge in [-0.2, -0.15) is 0 Å². The highest BCUT2D eigenvalue weighted by Crippen LogP contribution is 2.65. The summed E-state index contributed by atoms with van der Waals surface area (Å²) in [4.78, 5) is 42.3. The highest BCUT2D eigenvalue weighted by molar-refractivity contribution is 6.04. The SMILES string of the molecule is CC[C@@H](CO)N1C(=O)[C@@H]2[C@H](C(=O)NC)[C@@]3(C)OC2(CC3C)C1C(=O)Nc1cc(C)ccc1C. The maximum absolute atomic E-state index is 13.9.